The zero-order chi connectivity index (χ0) is 25.5. The van der Waals surface area contributed by atoms with Gasteiger partial charge >= 0.3 is 0 Å². The molecule has 39 heavy (non-hydrogen) atoms. The van der Waals surface area contributed by atoms with E-state index in [1.54, 1.807) is 0 Å². The van der Waals surface area contributed by atoms with Gasteiger partial charge in [-0.2, -0.15) is 0 Å². The van der Waals surface area contributed by atoms with Crippen LogP contribution in [0.2, 0.25) is 0 Å². The van der Waals surface area contributed by atoms with Gasteiger partial charge in [0.25, 0.3) is 0 Å². The van der Waals surface area contributed by atoms with Gasteiger partial charge in [0.05, 0.1) is 16.6 Å². The molecule has 0 saturated carbocycles. The predicted molar refractivity (Wildman–Crippen MR) is 166 cm³/mol. The van der Waals surface area contributed by atoms with Crippen LogP contribution < -0.4 is 0 Å². The van der Waals surface area contributed by atoms with Crippen LogP contribution >= 0.6 is 0 Å². The van der Waals surface area contributed by atoms with Crippen molar-refractivity contribution in [1.82, 2.24) is 9.38 Å². The maximum atomic E-state index is 5.14. The lowest BCUT2D eigenvalue weighted by Gasteiger charge is -2.13. The predicted octanol–water partition coefficient (Wildman–Crippen LogP) is 9.92. The second-order valence-electron chi connectivity index (χ2n) is 10.4. The van der Waals surface area contributed by atoms with E-state index in [9.17, 15) is 0 Å². The fourth-order valence-electron chi connectivity index (χ4n) is 6.50. The van der Waals surface area contributed by atoms with Gasteiger partial charge in [0, 0.05) is 16.2 Å². The van der Waals surface area contributed by atoms with Crippen molar-refractivity contribution in [1.29, 1.82) is 0 Å². The van der Waals surface area contributed by atoms with Crippen molar-refractivity contribution in [2.24, 2.45) is 0 Å². The summed E-state index contributed by atoms with van der Waals surface area (Å²) in [6, 6.07) is 48.4. The first-order valence-electron chi connectivity index (χ1n) is 13.4. The van der Waals surface area contributed by atoms with Crippen LogP contribution in [0.15, 0.2) is 133 Å². The van der Waals surface area contributed by atoms with Crippen LogP contribution in [0.1, 0.15) is 0 Å². The number of rotatable bonds is 1. The Morgan fingerprint density at radius 3 is 1.92 bits per heavy atom. The molecule has 0 unspecified atom stereocenters. The molecule has 0 amide bonds. The van der Waals surface area contributed by atoms with E-state index >= 15 is 0 Å². The Balaban J connectivity index is 1.40. The van der Waals surface area contributed by atoms with Crippen molar-refractivity contribution in [3.8, 4) is 11.1 Å². The molecule has 0 radical (unpaired) electrons. The number of fused-ring (bicyclic) bond motifs is 13. The molecule has 2 aromatic heterocycles. The molecule has 0 saturated heterocycles. The van der Waals surface area contributed by atoms with Crippen molar-refractivity contribution in [2.45, 2.75) is 0 Å². The quantitative estimate of drug-likeness (QED) is 0.208. The number of benzene rings is 7. The molecule has 0 bridgehead atoms. The topological polar surface area (TPSA) is 17.3 Å². The van der Waals surface area contributed by atoms with Gasteiger partial charge in [0.15, 0.2) is 0 Å². The summed E-state index contributed by atoms with van der Waals surface area (Å²) >= 11 is 0. The highest BCUT2D eigenvalue weighted by molar-refractivity contribution is 6.24. The van der Waals surface area contributed by atoms with Gasteiger partial charge in [0.1, 0.15) is 5.65 Å². The summed E-state index contributed by atoms with van der Waals surface area (Å²) in [6.07, 6.45) is 0. The van der Waals surface area contributed by atoms with E-state index in [0.29, 0.717) is 0 Å². The lowest BCUT2D eigenvalue weighted by atomic mass is 9.95. The van der Waals surface area contributed by atoms with E-state index in [4.69, 9.17) is 4.98 Å². The summed E-state index contributed by atoms with van der Waals surface area (Å²) < 4.78 is 2.35. The van der Waals surface area contributed by atoms with Gasteiger partial charge in [-0.1, -0.05) is 103 Å². The smallest absolute Gasteiger partial charge is 0.146 e. The second kappa shape index (κ2) is 7.66. The minimum absolute atomic E-state index is 1.01. The summed E-state index contributed by atoms with van der Waals surface area (Å²) in [5, 5.41) is 11.3. The number of nitrogens with zero attached hydrogens (tertiary/aromatic N) is 2. The van der Waals surface area contributed by atoms with Crippen LogP contribution in [0, 0.1) is 0 Å². The maximum Gasteiger partial charge on any atom is 0.146 e. The van der Waals surface area contributed by atoms with Gasteiger partial charge in [-0.3, -0.25) is 4.40 Å². The fourth-order valence-corrected chi connectivity index (χ4v) is 6.50. The third-order valence-electron chi connectivity index (χ3n) is 8.32. The molecule has 9 rings (SSSR count). The molecule has 2 nitrogen and oxygen atoms in total. The van der Waals surface area contributed by atoms with E-state index in [2.05, 4.69) is 138 Å². The molecule has 2 heteroatoms. The van der Waals surface area contributed by atoms with Crippen LogP contribution in [0.4, 0.5) is 0 Å². The molecule has 0 aliphatic heterocycles. The molecular formula is C37H22N2. The van der Waals surface area contributed by atoms with Crippen LogP contribution in [0.5, 0.6) is 0 Å². The highest BCUT2D eigenvalue weighted by Gasteiger charge is 2.16. The molecule has 0 aliphatic carbocycles. The second-order valence-corrected chi connectivity index (χ2v) is 10.4. The highest BCUT2D eigenvalue weighted by Crippen LogP contribution is 2.38. The standard InChI is InChI=1S/C37H22N2/c1-3-9-28-23(7-1)13-14-27-21-25(16-18-29(27)28)26-17-19-31-35(22-26)39-34-12-6-5-11-33(34)38-37(39)32-20-15-24-8-2-4-10-30(24)36(31)32/h1-22H. The van der Waals surface area contributed by atoms with Crippen LogP contribution in [-0.2, 0) is 0 Å². The van der Waals surface area contributed by atoms with Crippen molar-refractivity contribution >= 4 is 70.7 Å². The number of aromatic nitrogens is 2. The third-order valence-corrected chi connectivity index (χ3v) is 8.32. The fraction of sp³-hybridized carbons (Fsp3) is 0. The summed E-state index contributed by atoms with van der Waals surface area (Å²) in [4.78, 5) is 5.14. The number of imidazole rings is 1. The Bertz CT molecular complexity index is 2450. The van der Waals surface area contributed by atoms with Gasteiger partial charge < -0.3 is 0 Å². The third kappa shape index (κ3) is 2.89. The Morgan fingerprint density at radius 2 is 1.03 bits per heavy atom. The molecule has 180 valence electrons. The van der Waals surface area contributed by atoms with E-state index in [1.807, 2.05) is 0 Å². The average Bonchev–Trinajstić information content (AvgIpc) is 3.40. The maximum absolute atomic E-state index is 5.14. The van der Waals surface area contributed by atoms with Gasteiger partial charge in [-0.15, -0.1) is 0 Å². The summed E-state index contributed by atoms with van der Waals surface area (Å²) in [7, 11) is 0. The first-order valence-corrected chi connectivity index (χ1v) is 13.4. The number of para-hydroxylation sites is 2. The Kier molecular flexibility index (Phi) is 4.08. The largest absolute Gasteiger partial charge is 0.292 e. The summed E-state index contributed by atoms with van der Waals surface area (Å²) in [5.41, 5.74) is 6.76. The van der Waals surface area contributed by atoms with Crippen molar-refractivity contribution in [2.75, 3.05) is 0 Å². The van der Waals surface area contributed by atoms with Crippen LogP contribution in [0.25, 0.3) is 81.8 Å². The molecule has 0 N–H and O–H groups in total. The molecule has 2 heterocycles. The average molecular weight is 495 g/mol. The normalized spacial score (nSPS) is 12.1. The number of hydrogen-bond donors (Lipinski definition) is 0. The first kappa shape index (κ1) is 20.8. The summed E-state index contributed by atoms with van der Waals surface area (Å²) in [6.45, 7) is 0. The SMILES string of the molecule is c1ccc2c(c1)ccc1cc(-c3ccc4c5c6ccccc6ccc5c5nc6ccccc6n5c4c3)ccc12. The summed E-state index contributed by atoms with van der Waals surface area (Å²) in [5.74, 6) is 0. The van der Waals surface area contributed by atoms with E-state index < -0.39 is 0 Å². The highest BCUT2D eigenvalue weighted by atomic mass is 15.0. The lowest BCUT2D eigenvalue weighted by molar-refractivity contribution is 1.32. The zero-order valence-corrected chi connectivity index (χ0v) is 21.1. The lowest BCUT2D eigenvalue weighted by Crippen LogP contribution is -1.93. The number of hydrogen-bond acceptors (Lipinski definition) is 1. The van der Waals surface area contributed by atoms with Crippen molar-refractivity contribution in [3.63, 3.8) is 0 Å². The minimum atomic E-state index is 1.01. The molecule has 0 fully saturated rings. The number of pyridine rings is 1. The van der Waals surface area contributed by atoms with Gasteiger partial charge in [-0.25, -0.2) is 4.98 Å². The van der Waals surface area contributed by atoms with E-state index in [-0.39, 0.29) is 0 Å². The molecular weight excluding hydrogens is 472 g/mol. The Hall–Kier alpha value is -5.21. The minimum Gasteiger partial charge on any atom is -0.292 e. The molecule has 9 aromatic rings. The molecule has 0 aliphatic rings. The van der Waals surface area contributed by atoms with Crippen LogP contribution in [0.3, 0.4) is 0 Å². The zero-order valence-electron chi connectivity index (χ0n) is 21.1. The van der Waals surface area contributed by atoms with Crippen molar-refractivity contribution < 1.29 is 0 Å². The van der Waals surface area contributed by atoms with E-state index in [1.165, 1.54) is 65.1 Å². The molecule has 0 atom stereocenters. The van der Waals surface area contributed by atoms with Gasteiger partial charge in [-0.05, 0) is 73.8 Å². The molecule has 0 spiro atoms. The van der Waals surface area contributed by atoms with Crippen LogP contribution in [-0.4, -0.2) is 9.38 Å². The Morgan fingerprint density at radius 1 is 0.410 bits per heavy atom. The van der Waals surface area contributed by atoms with Gasteiger partial charge in [0.2, 0.25) is 0 Å². The van der Waals surface area contributed by atoms with Crippen molar-refractivity contribution in [3.05, 3.63) is 133 Å². The van der Waals surface area contributed by atoms with E-state index in [0.717, 1.165) is 16.7 Å². The monoisotopic (exact) mass is 494 g/mol. The Labute approximate surface area is 224 Å². The molecule has 7 aromatic carbocycles. The first-order chi connectivity index (χ1) is 19.3.